The van der Waals surface area contributed by atoms with Gasteiger partial charge in [-0.25, -0.2) is 0 Å². The van der Waals surface area contributed by atoms with Gasteiger partial charge in [-0.15, -0.1) is 0 Å². The Hall–Kier alpha value is -0.570. The first-order valence-corrected chi connectivity index (χ1v) is 4.30. The van der Waals surface area contributed by atoms with E-state index in [1.165, 1.54) is 0 Å². The van der Waals surface area contributed by atoms with Gasteiger partial charge in [-0.1, -0.05) is 6.92 Å². The second-order valence-electron chi connectivity index (χ2n) is 4.77. The highest BCUT2D eigenvalue weighted by Crippen LogP contribution is 2.23. The molecule has 0 aliphatic carbocycles. The van der Waals surface area contributed by atoms with Crippen molar-refractivity contribution >= 4 is 6.21 Å². The number of hydrogen-bond acceptors (Lipinski definition) is 3. The second-order valence-corrected chi connectivity index (χ2v) is 4.77. The summed E-state index contributed by atoms with van der Waals surface area (Å²) in [6.07, 6.45) is 1.95. The molecule has 1 rings (SSSR count). The van der Waals surface area contributed by atoms with Gasteiger partial charge in [-0.2, -0.15) is 5.10 Å². The number of hydrazone groups is 1. The van der Waals surface area contributed by atoms with Crippen LogP contribution in [0.3, 0.4) is 0 Å². The Labute approximate surface area is 74.2 Å². The summed E-state index contributed by atoms with van der Waals surface area (Å²) in [4.78, 5) is 0. The van der Waals surface area contributed by atoms with Crippen LogP contribution in [0.2, 0.25) is 0 Å². The molecule has 0 spiro atoms. The molecule has 1 fully saturated rings. The van der Waals surface area contributed by atoms with Gasteiger partial charge in [0.05, 0.1) is 18.6 Å². The Morgan fingerprint density at radius 2 is 2.00 bits per heavy atom. The van der Waals surface area contributed by atoms with Gasteiger partial charge in [0, 0.05) is 11.8 Å². The average molecular weight is 170 g/mol. The predicted octanol–water partition coefficient (Wildman–Crippen LogP) is 1.40. The molecule has 1 aliphatic heterocycles. The Morgan fingerprint density at radius 1 is 1.42 bits per heavy atom. The van der Waals surface area contributed by atoms with Gasteiger partial charge in [0.25, 0.3) is 0 Å². The fourth-order valence-electron chi connectivity index (χ4n) is 0.880. The first-order chi connectivity index (χ1) is 5.41. The normalized spacial score (nSPS) is 22.3. The van der Waals surface area contributed by atoms with Crippen molar-refractivity contribution in [2.45, 2.75) is 33.2 Å². The zero-order valence-electron chi connectivity index (χ0n) is 8.35. The highest BCUT2D eigenvalue weighted by atomic mass is 16.5. The molecule has 1 N–H and O–H groups in total. The topological polar surface area (TPSA) is 33.6 Å². The van der Waals surface area contributed by atoms with Crippen LogP contribution in [0.5, 0.6) is 0 Å². The minimum atomic E-state index is 0.0530. The Bertz CT molecular complexity index is 177. The van der Waals surface area contributed by atoms with Gasteiger partial charge in [0.15, 0.2) is 0 Å². The van der Waals surface area contributed by atoms with Crippen LogP contribution in [0.1, 0.15) is 27.7 Å². The van der Waals surface area contributed by atoms with Crippen LogP contribution >= 0.6 is 0 Å². The molecule has 0 aromatic rings. The summed E-state index contributed by atoms with van der Waals surface area (Å²) in [6, 6.07) is 0. The van der Waals surface area contributed by atoms with Crippen LogP contribution in [0, 0.1) is 5.41 Å². The minimum absolute atomic E-state index is 0.0530. The maximum Gasteiger partial charge on any atom is 0.0592 e. The van der Waals surface area contributed by atoms with E-state index in [9.17, 15) is 0 Å². The fraction of sp³-hybridized carbons (Fsp3) is 0.889. The van der Waals surface area contributed by atoms with Crippen LogP contribution in [0.4, 0.5) is 0 Å². The van der Waals surface area contributed by atoms with Crippen LogP contribution in [-0.4, -0.2) is 25.0 Å². The van der Waals surface area contributed by atoms with E-state index in [0.717, 1.165) is 13.2 Å². The Balaban J connectivity index is 2.30. The van der Waals surface area contributed by atoms with Crippen LogP contribution in [-0.2, 0) is 4.74 Å². The van der Waals surface area contributed by atoms with Crippen molar-refractivity contribution in [1.29, 1.82) is 0 Å². The Morgan fingerprint density at radius 3 is 2.33 bits per heavy atom. The molecule has 0 aromatic heterocycles. The zero-order chi connectivity index (χ0) is 9.24. The molecule has 0 bridgehead atoms. The SMILES string of the molecule is CC1(/C=N/NC(C)(C)C)COC1. The molecule has 0 unspecified atom stereocenters. The molecule has 0 amide bonds. The molecule has 1 heterocycles. The summed E-state index contributed by atoms with van der Waals surface area (Å²) in [5, 5.41) is 4.18. The summed E-state index contributed by atoms with van der Waals surface area (Å²) < 4.78 is 5.10. The fourth-order valence-corrected chi connectivity index (χ4v) is 0.880. The maximum absolute atomic E-state index is 5.10. The van der Waals surface area contributed by atoms with E-state index in [2.05, 4.69) is 38.2 Å². The molecule has 1 saturated heterocycles. The smallest absolute Gasteiger partial charge is 0.0592 e. The van der Waals surface area contributed by atoms with Crippen molar-refractivity contribution in [1.82, 2.24) is 5.43 Å². The number of nitrogens with one attached hydrogen (secondary N) is 1. The highest BCUT2D eigenvalue weighted by Gasteiger charge is 2.31. The van der Waals surface area contributed by atoms with E-state index in [1.807, 2.05) is 6.21 Å². The lowest BCUT2D eigenvalue weighted by molar-refractivity contribution is -0.0557. The minimum Gasteiger partial charge on any atom is -0.379 e. The number of rotatable bonds is 2. The molecule has 0 radical (unpaired) electrons. The number of nitrogens with zero attached hydrogens (tertiary/aromatic N) is 1. The molecule has 0 saturated carbocycles. The van der Waals surface area contributed by atoms with Crippen molar-refractivity contribution < 1.29 is 4.74 Å². The van der Waals surface area contributed by atoms with E-state index >= 15 is 0 Å². The zero-order valence-corrected chi connectivity index (χ0v) is 8.35. The quantitative estimate of drug-likeness (QED) is 0.502. The van der Waals surface area contributed by atoms with Gasteiger partial charge >= 0.3 is 0 Å². The van der Waals surface area contributed by atoms with E-state index < -0.39 is 0 Å². The number of hydrogen-bond donors (Lipinski definition) is 1. The standard InChI is InChI=1S/C9H18N2O/c1-8(2,3)11-10-5-9(4)6-12-7-9/h5,11H,6-7H2,1-4H3/b10-5+. The van der Waals surface area contributed by atoms with Crippen molar-refractivity contribution in [3.63, 3.8) is 0 Å². The number of ether oxygens (including phenoxy) is 1. The van der Waals surface area contributed by atoms with Gasteiger partial charge in [0.1, 0.15) is 0 Å². The van der Waals surface area contributed by atoms with Crippen molar-refractivity contribution in [3.05, 3.63) is 0 Å². The molecule has 12 heavy (non-hydrogen) atoms. The monoisotopic (exact) mass is 170 g/mol. The van der Waals surface area contributed by atoms with Gasteiger partial charge in [-0.3, -0.25) is 0 Å². The second kappa shape index (κ2) is 3.05. The molecule has 1 aliphatic rings. The van der Waals surface area contributed by atoms with E-state index in [0.29, 0.717) is 0 Å². The molecule has 0 atom stereocenters. The van der Waals surface area contributed by atoms with Crippen molar-refractivity contribution in [2.75, 3.05) is 13.2 Å². The molecular weight excluding hydrogens is 152 g/mol. The summed E-state index contributed by atoms with van der Waals surface area (Å²) in [7, 11) is 0. The van der Waals surface area contributed by atoms with Crippen molar-refractivity contribution in [2.24, 2.45) is 10.5 Å². The lowest BCUT2D eigenvalue weighted by atomic mass is 9.91. The summed E-state index contributed by atoms with van der Waals surface area (Å²) in [6.45, 7) is 9.99. The van der Waals surface area contributed by atoms with Gasteiger partial charge in [-0.05, 0) is 20.8 Å². The summed E-state index contributed by atoms with van der Waals surface area (Å²) >= 11 is 0. The molecule has 3 heteroatoms. The van der Waals surface area contributed by atoms with E-state index in [-0.39, 0.29) is 11.0 Å². The van der Waals surface area contributed by atoms with Crippen molar-refractivity contribution in [3.8, 4) is 0 Å². The molecule has 70 valence electrons. The van der Waals surface area contributed by atoms with Gasteiger partial charge < -0.3 is 10.2 Å². The third kappa shape index (κ3) is 2.81. The highest BCUT2D eigenvalue weighted by molar-refractivity contribution is 5.66. The first-order valence-electron chi connectivity index (χ1n) is 4.30. The molecule has 3 nitrogen and oxygen atoms in total. The lowest BCUT2D eigenvalue weighted by Gasteiger charge is -2.34. The summed E-state index contributed by atoms with van der Waals surface area (Å²) in [5.41, 5.74) is 3.28. The average Bonchev–Trinajstić information content (AvgIpc) is 1.81. The largest absolute Gasteiger partial charge is 0.379 e. The molecule has 0 aromatic carbocycles. The maximum atomic E-state index is 5.10. The third-order valence-corrected chi connectivity index (χ3v) is 1.64. The summed E-state index contributed by atoms with van der Waals surface area (Å²) in [5.74, 6) is 0. The van der Waals surface area contributed by atoms with Gasteiger partial charge in [0.2, 0.25) is 0 Å². The first kappa shape index (κ1) is 9.52. The van der Waals surface area contributed by atoms with Crippen LogP contribution in [0.15, 0.2) is 5.10 Å². The van der Waals surface area contributed by atoms with E-state index in [4.69, 9.17) is 4.74 Å². The molecular formula is C9H18N2O. The predicted molar refractivity (Wildman–Crippen MR) is 50.3 cm³/mol. The van der Waals surface area contributed by atoms with Crippen LogP contribution < -0.4 is 5.43 Å². The van der Waals surface area contributed by atoms with Crippen LogP contribution in [0.25, 0.3) is 0 Å². The third-order valence-electron chi connectivity index (χ3n) is 1.64. The lowest BCUT2D eigenvalue weighted by Crippen LogP contribution is -2.42. The Kier molecular flexibility index (Phi) is 2.42. The van der Waals surface area contributed by atoms with E-state index in [1.54, 1.807) is 0 Å².